The molecule has 0 spiro atoms. The van der Waals surface area contributed by atoms with E-state index in [2.05, 4.69) is 33.5 Å². The summed E-state index contributed by atoms with van der Waals surface area (Å²) in [5.41, 5.74) is 1.21. The number of para-hydroxylation sites is 2. The van der Waals surface area contributed by atoms with Crippen LogP contribution >= 0.6 is 11.3 Å². The van der Waals surface area contributed by atoms with Crippen molar-refractivity contribution in [2.24, 2.45) is 0 Å². The maximum absolute atomic E-state index is 6.13. The molecule has 4 aromatic rings. The molecule has 0 aliphatic carbocycles. The molecule has 134 valence electrons. The molecular weight excluding hydrogens is 358 g/mol. The van der Waals surface area contributed by atoms with Gasteiger partial charge in [-0.2, -0.15) is 0 Å². The maximum Gasteiger partial charge on any atom is 0.167 e. The number of ether oxygens (including phenoxy) is 2. The van der Waals surface area contributed by atoms with Crippen LogP contribution < -0.4 is 14.8 Å². The molecule has 0 bridgehead atoms. The Labute approximate surface area is 160 Å². The average Bonchev–Trinajstić information content (AvgIpc) is 3.17. The molecule has 3 heterocycles. The number of thiophene rings is 1. The zero-order chi connectivity index (χ0) is 18.1. The third-order valence-electron chi connectivity index (χ3n) is 4.48. The minimum atomic E-state index is -0.138. The van der Waals surface area contributed by atoms with Crippen LogP contribution in [0.2, 0.25) is 0 Å². The van der Waals surface area contributed by atoms with E-state index in [1.165, 1.54) is 5.56 Å². The first kappa shape index (κ1) is 16.1. The van der Waals surface area contributed by atoms with Gasteiger partial charge in [0.2, 0.25) is 0 Å². The highest BCUT2D eigenvalue weighted by Gasteiger charge is 2.24. The fourth-order valence-electron chi connectivity index (χ4n) is 3.12. The van der Waals surface area contributed by atoms with E-state index in [9.17, 15) is 0 Å². The van der Waals surface area contributed by atoms with Gasteiger partial charge in [-0.05, 0) is 23.8 Å². The van der Waals surface area contributed by atoms with Gasteiger partial charge in [0.05, 0.1) is 10.3 Å². The molecule has 1 aliphatic heterocycles. The second-order valence-corrected chi connectivity index (χ2v) is 7.36. The summed E-state index contributed by atoms with van der Waals surface area (Å²) in [6.07, 6.45) is 1.46. The number of anilines is 1. The number of nitrogens with zero attached hydrogens (tertiary/aromatic N) is 2. The molecule has 0 fully saturated rings. The predicted octanol–water partition coefficient (Wildman–Crippen LogP) is 4.82. The van der Waals surface area contributed by atoms with Gasteiger partial charge in [-0.25, -0.2) is 9.97 Å². The van der Waals surface area contributed by atoms with Crippen LogP contribution in [0.3, 0.4) is 0 Å². The Kier molecular flexibility index (Phi) is 4.10. The van der Waals surface area contributed by atoms with Crippen LogP contribution in [0, 0.1) is 0 Å². The van der Waals surface area contributed by atoms with Gasteiger partial charge in [0, 0.05) is 6.54 Å². The smallest absolute Gasteiger partial charge is 0.167 e. The third-order valence-corrected chi connectivity index (χ3v) is 5.61. The lowest BCUT2D eigenvalue weighted by molar-refractivity contribution is 0.0938. The maximum atomic E-state index is 6.13. The summed E-state index contributed by atoms with van der Waals surface area (Å²) in [7, 11) is 0. The minimum Gasteiger partial charge on any atom is -0.485 e. The summed E-state index contributed by atoms with van der Waals surface area (Å²) in [5, 5.41) is 4.43. The van der Waals surface area contributed by atoms with Crippen molar-refractivity contribution in [3.63, 3.8) is 0 Å². The number of nitrogens with one attached hydrogen (secondary N) is 1. The van der Waals surface area contributed by atoms with Crippen molar-refractivity contribution in [1.82, 2.24) is 9.97 Å². The van der Waals surface area contributed by atoms with E-state index in [4.69, 9.17) is 9.47 Å². The quantitative estimate of drug-likeness (QED) is 0.554. The van der Waals surface area contributed by atoms with Crippen LogP contribution in [-0.4, -0.2) is 16.6 Å². The zero-order valence-corrected chi connectivity index (χ0v) is 15.3. The highest BCUT2D eigenvalue weighted by atomic mass is 32.1. The molecule has 2 aromatic heterocycles. The van der Waals surface area contributed by atoms with Crippen LogP contribution in [0.1, 0.15) is 16.5 Å². The van der Waals surface area contributed by atoms with Crippen molar-refractivity contribution in [3.05, 3.63) is 77.4 Å². The lowest BCUT2D eigenvalue weighted by atomic mass is 10.2. The van der Waals surface area contributed by atoms with Gasteiger partial charge in [0.25, 0.3) is 0 Å². The Hall–Kier alpha value is -3.12. The van der Waals surface area contributed by atoms with Crippen LogP contribution in [0.4, 0.5) is 5.82 Å². The summed E-state index contributed by atoms with van der Waals surface area (Å²) in [6.45, 7) is 1.21. The van der Waals surface area contributed by atoms with Crippen molar-refractivity contribution in [2.45, 2.75) is 12.6 Å². The van der Waals surface area contributed by atoms with Crippen molar-refractivity contribution in [1.29, 1.82) is 0 Å². The lowest BCUT2D eigenvalue weighted by Gasteiger charge is -2.25. The van der Waals surface area contributed by atoms with Gasteiger partial charge >= 0.3 is 0 Å². The van der Waals surface area contributed by atoms with E-state index >= 15 is 0 Å². The minimum absolute atomic E-state index is 0.138. The van der Waals surface area contributed by atoms with Crippen LogP contribution in [0.25, 0.3) is 10.2 Å². The van der Waals surface area contributed by atoms with Crippen molar-refractivity contribution >= 4 is 27.4 Å². The molecule has 2 aromatic carbocycles. The Morgan fingerprint density at radius 3 is 2.70 bits per heavy atom. The van der Waals surface area contributed by atoms with Crippen LogP contribution in [0.15, 0.2) is 67.0 Å². The molecule has 0 saturated carbocycles. The van der Waals surface area contributed by atoms with Crippen LogP contribution in [0.5, 0.6) is 11.5 Å². The van der Waals surface area contributed by atoms with Gasteiger partial charge in [-0.15, -0.1) is 11.3 Å². The number of benzene rings is 2. The normalized spacial score (nSPS) is 15.6. The van der Waals surface area contributed by atoms with Crippen LogP contribution in [-0.2, 0) is 6.54 Å². The fraction of sp³-hybridized carbons (Fsp3) is 0.143. The van der Waals surface area contributed by atoms with E-state index in [1.807, 2.05) is 42.5 Å². The molecule has 27 heavy (non-hydrogen) atoms. The number of hydrogen-bond acceptors (Lipinski definition) is 6. The van der Waals surface area contributed by atoms with E-state index < -0.39 is 0 Å². The SMILES string of the molecule is c1ccc(CNc2ncnc3sc([C@@H]4COc5ccccc5O4)cc23)cc1. The standard InChI is InChI=1S/C21H17N3O2S/c1-2-6-14(7-3-1)11-22-20-15-10-19(27-21(15)24-13-23-20)18-12-25-16-8-4-5-9-17(16)26-18/h1-10,13,18H,11-12H2,(H,22,23,24)/t18-/m0/s1. The fourth-order valence-corrected chi connectivity index (χ4v) is 4.13. The van der Waals surface area contributed by atoms with Crippen molar-refractivity contribution in [2.75, 3.05) is 11.9 Å². The first-order valence-corrected chi connectivity index (χ1v) is 9.59. The van der Waals surface area contributed by atoms with Gasteiger partial charge in [-0.3, -0.25) is 0 Å². The molecule has 5 nitrogen and oxygen atoms in total. The molecule has 1 aliphatic rings. The monoisotopic (exact) mass is 375 g/mol. The summed E-state index contributed by atoms with van der Waals surface area (Å²) in [4.78, 5) is 10.9. The van der Waals surface area contributed by atoms with E-state index in [0.29, 0.717) is 13.2 Å². The molecule has 0 saturated heterocycles. The first-order valence-electron chi connectivity index (χ1n) is 8.77. The zero-order valence-electron chi connectivity index (χ0n) is 14.5. The molecule has 0 amide bonds. The predicted molar refractivity (Wildman–Crippen MR) is 106 cm³/mol. The summed E-state index contributed by atoms with van der Waals surface area (Å²) in [5.74, 6) is 2.41. The molecule has 6 heteroatoms. The molecule has 1 atom stereocenters. The van der Waals surface area contributed by atoms with Gasteiger partial charge in [0.1, 0.15) is 23.6 Å². The van der Waals surface area contributed by atoms with E-state index in [1.54, 1.807) is 17.7 Å². The van der Waals surface area contributed by atoms with E-state index in [-0.39, 0.29) is 6.10 Å². The second-order valence-electron chi connectivity index (χ2n) is 6.29. The largest absolute Gasteiger partial charge is 0.485 e. The van der Waals surface area contributed by atoms with Gasteiger partial charge in [0.15, 0.2) is 17.6 Å². The van der Waals surface area contributed by atoms with Gasteiger partial charge in [-0.1, -0.05) is 42.5 Å². The number of fused-ring (bicyclic) bond motifs is 2. The lowest BCUT2D eigenvalue weighted by Crippen LogP contribution is -2.20. The molecule has 1 N–H and O–H groups in total. The number of hydrogen-bond donors (Lipinski definition) is 1. The second kappa shape index (κ2) is 6.89. The molecular formula is C21H17N3O2S. The Morgan fingerprint density at radius 2 is 1.81 bits per heavy atom. The first-order chi connectivity index (χ1) is 13.4. The topological polar surface area (TPSA) is 56.3 Å². The van der Waals surface area contributed by atoms with Crippen molar-refractivity contribution < 1.29 is 9.47 Å². The third kappa shape index (κ3) is 3.19. The summed E-state index contributed by atoms with van der Waals surface area (Å²) >= 11 is 1.62. The van der Waals surface area contributed by atoms with Crippen molar-refractivity contribution in [3.8, 4) is 11.5 Å². The number of aromatic nitrogens is 2. The summed E-state index contributed by atoms with van der Waals surface area (Å²) < 4.78 is 12.0. The molecule has 5 rings (SSSR count). The number of rotatable bonds is 4. The summed E-state index contributed by atoms with van der Waals surface area (Å²) in [6, 6.07) is 20.1. The highest BCUT2D eigenvalue weighted by molar-refractivity contribution is 7.18. The Bertz CT molecular complexity index is 1080. The molecule has 0 radical (unpaired) electrons. The van der Waals surface area contributed by atoms with E-state index in [0.717, 1.165) is 32.4 Å². The Morgan fingerprint density at radius 1 is 1.00 bits per heavy atom. The Balaban J connectivity index is 1.41. The average molecular weight is 375 g/mol. The van der Waals surface area contributed by atoms with Gasteiger partial charge < -0.3 is 14.8 Å². The highest BCUT2D eigenvalue weighted by Crippen LogP contribution is 2.39. The molecule has 0 unspecified atom stereocenters.